The molecule has 2 N–H and O–H groups in total. The molecule has 6 heteroatoms. The molecule has 0 heterocycles. The largest absolute Gasteiger partial charge is 0.465 e. The van der Waals surface area contributed by atoms with Gasteiger partial charge in [0.2, 0.25) is 5.91 Å². The van der Waals surface area contributed by atoms with Crippen molar-refractivity contribution in [2.24, 2.45) is 0 Å². The van der Waals surface area contributed by atoms with Gasteiger partial charge in [0.05, 0.1) is 25.3 Å². The highest BCUT2D eigenvalue weighted by molar-refractivity contribution is 5.89. The van der Waals surface area contributed by atoms with Crippen LogP contribution in [0, 0.1) is 11.3 Å². The number of nitriles is 1. The summed E-state index contributed by atoms with van der Waals surface area (Å²) in [7, 11) is 1.33. The van der Waals surface area contributed by atoms with Crippen LogP contribution in [0.5, 0.6) is 0 Å². The Morgan fingerprint density at radius 3 is 2.43 bits per heavy atom. The van der Waals surface area contributed by atoms with Crippen LogP contribution in [-0.2, 0) is 9.53 Å². The number of nitrogens with one attached hydrogen (secondary N) is 2. The summed E-state index contributed by atoms with van der Waals surface area (Å²) in [4.78, 5) is 23.4. The maximum atomic E-state index is 12.1. The predicted molar refractivity (Wildman–Crippen MR) is 85.8 cm³/mol. The van der Waals surface area contributed by atoms with E-state index in [1.54, 1.807) is 24.3 Å². The van der Waals surface area contributed by atoms with E-state index in [9.17, 15) is 14.9 Å². The molecule has 0 aliphatic heterocycles. The molecule has 122 valence electrons. The molecule has 1 fully saturated rings. The Hall–Kier alpha value is -2.55. The van der Waals surface area contributed by atoms with Crippen LogP contribution in [0.15, 0.2) is 24.3 Å². The number of nitrogens with zero attached hydrogens (tertiary/aromatic N) is 1. The molecular weight excluding hydrogens is 294 g/mol. The van der Waals surface area contributed by atoms with E-state index in [2.05, 4.69) is 21.4 Å². The van der Waals surface area contributed by atoms with Crippen molar-refractivity contribution in [3.8, 4) is 6.07 Å². The normalized spacial score (nSPS) is 16.0. The van der Waals surface area contributed by atoms with Gasteiger partial charge in [0, 0.05) is 5.69 Å². The summed E-state index contributed by atoms with van der Waals surface area (Å²) in [6.45, 7) is 0.0843. The van der Waals surface area contributed by atoms with Crippen LogP contribution in [0.1, 0.15) is 42.5 Å². The van der Waals surface area contributed by atoms with E-state index in [0.717, 1.165) is 24.9 Å². The van der Waals surface area contributed by atoms with E-state index in [-0.39, 0.29) is 12.5 Å². The molecule has 0 radical (unpaired) electrons. The lowest BCUT2D eigenvalue weighted by Gasteiger charge is -2.31. The molecule has 2 rings (SSSR count). The monoisotopic (exact) mass is 315 g/mol. The number of hydrogen-bond acceptors (Lipinski definition) is 5. The first kappa shape index (κ1) is 16.8. The zero-order chi connectivity index (χ0) is 16.7. The van der Waals surface area contributed by atoms with Gasteiger partial charge in [-0.05, 0) is 37.1 Å². The summed E-state index contributed by atoms with van der Waals surface area (Å²) in [6, 6.07) is 8.94. The number of benzene rings is 1. The molecule has 0 aromatic heterocycles. The second-order valence-electron chi connectivity index (χ2n) is 5.73. The van der Waals surface area contributed by atoms with Crippen LogP contribution in [0.4, 0.5) is 5.69 Å². The van der Waals surface area contributed by atoms with Crippen molar-refractivity contribution in [3.63, 3.8) is 0 Å². The SMILES string of the molecule is COC(=O)c1ccc(NCC(=O)NC2(C#N)CCCCC2)cc1. The lowest BCUT2D eigenvalue weighted by molar-refractivity contribution is -0.121. The van der Waals surface area contributed by atoms with Crippen molar-refractivity contribution < 1.29 is 14.3 Å². The van der Waals surface area contributed by atoms with Crippen molar-refractivity contribution in [3.05, 3.63) is 29.8 Å². The highest BCUT2D eigenvalue weighted by Gasteiger charge is 2.33. The maximum absolute atomic E-state index is 12.1. The number of anilines is 1. The molecule has 1 saturated carbocycles. The van der Waals surface area contributed by atoms with Crippen molar-refractivity contribution in [2.45, 2.75) is 37.6 Å². The zero-order valence-electron chi connectivity index (χ0n) is 13.2. The van der Waals surface area contributed by atoms with Crippen molar-refractivity contribution in [1.29, 1.82) is 5.26 Å². The summed E-state index contributed by atoms with van der Waals surface area (Å²) >= 11 is 0. The smallest absolute Gasteiger partial charge is 0.337 e. The number of amides is 1. The number of carbonyl (C=O) groups excluding carboxylic acids is 2. The third kappa shape index (κ3) is 4.46. The Balaban J connectivity index is 1.86. The Morgan fingerprint density at radius 1 is 1.22 bits per heavy atom. The highest BCUT2D eigenvalue weighted by atomic mass is 16.5. The fourth-order valence-corrected chi connectivity index (χ4v) is 2.76. The summed E-state index contributed by atoms with van der Waals surface area (Å²) in [5.41, 5.74) is 0.460. The molecule has 6 nitrogen and oxygen atoms in total. The Labute approximate surface area is 135 Å². The molecule has 0 unspecified atom stereocenters. The summed E-state index contributed by atoms with van der Waals surface area (Å²) < 4.78 is 4.63. The van der Waals surface area contributed by atoms with Crippen LogP contribution in [-0.4, -0.2) is 31.1 Å². The minimum atomic E-state index is -0.717. The minimum absolute atomic E-state index is 0.0843. The van der Waals surface area contributed by atoms with Gasteiger partial charge >= 0.3 is 5.97 Å². The highest BCUT2D eigenvalue weighted by Crippen LogP contribution is 2.27. The van der Waals surface area contributed by atoms with Crippen LogP contribution < -0.4 is 10.6 Å². The van der Waals surface area contributed by atoms with E-state index in [1.165, 1.54) is 7.11 Å². The van der Waals surface area contributed by atoms with Gasteiger partial charge in [-0.2, -0.15) is 5.26 Å². The molecule has 1 aromatic carbocycles. The van der Waals surface area contributed by atoms with Gasteiger partial charge in [0.25, 0.3) is 0 Å². The molecule has 1 aliphatic carbocycles. The number of hydrogen-bond donors (Lipinski definition) is 2. The topological polar surface area (TPSA) is 91.2 Å². The second-order valence-corrected chi connectivity index (χ2v) is 5.73. The number of esters is 1. The molecule has 0 spiro atoms. The van der Waals surface area contributed by atoms with Gasteiger partial charge in [-0.3, -0.25) is 4.79 Å². The number of methoxy groups -OCH3 is 1. The van der Waals surface area contributed by atoms with Crippen LogP contribution in [0.3, 0.4) is 0 Å². The first-order valence-corrected chi connectivity index (χ1v) is 7.73. The third-order valence-corrected chi connectivity index (χ3v) is 4.06. The number of ether oxygens (including phenoxy) is 1. The third-order valence-electron chi connectivity index (χ3n) is 4.06. The van der Waals surface area contributed by atoms with Crippen molar-refractivity contribution in [1.82, 2.24) is 5.32 Å². The van der Waals surface area contributed by atoms with Crippen molar-refractivity contribution >= 4 is 17.6 Å². The van der Waals surface area contributed by atoms with Crippen LogP contribution >= 0.6 is 0 Å². The van der Waals surface area contributed by atoms with E-state index >= 15 is 0 Å². The molecule has 0 saturated heterocycles. The summed E-state index contributed by atoms with van der Waals surface area (Å²) in [6.07, 6.45) is 4.47. The molecule has 1 aliphatic rings. The molecule has 0 atom stereocenters. The molecule has 0 bridgehead atoms. The minimum Gasteiger partial charge on any atom is -0.465 e. The predicted octanol–water partition coefficient (Wildman–Crippen LogP) is 2.23. The lowest BCUT2D eigenvalue weighted by atomic mass is 9.83. The quantitative estimate of drug-likeness (QED) is 0.813. The standard InChI is InChI=1S/C17H21N3O3/c1-23-16(22)13-5-7-14(8-6-13)19-11-15(21)20-17(12-18)9-3-2-4-10-17/h5-8,19H,2-4,9-11H2,1H3,(H,20,21). The van der Waals surface area contributed by atoms with Gasteiger partial charge < -0.3 is 15.4 Å². The van der Waals surface area contributed by atoms with E-state index in [1.807, 2.05) is 0 Å². The van der Waals surface area contributed by atoms with Gasteiger partial charge in [0.15, 0.2) is 0 Å². The fraction of sp³-hybridized carbons (Fsp3) is 0.471. The second kappa shape index (κ2) is 7.63. The van der Waals surface area contributed by atoms with Gasteiger partial charge in [0.1, 0.15) is 5.54 Å². The van der Waals surface area contributed by atoms with E-state index in [0.29, 0.717) is 18.4 Å². The van der Waals surface area contributed by atoms with E-state index in [4.69, 9.17) is 0 Å². The zero-order valence-corrected chi connectivity index (χ0v) is 13.2. The van der Waals surface area contributed by atoms with Crippen molar-refractivity contribution in [2.75, 3.05) is 19.0 Å². The first-order chi connectivity index (χ1) is 11.1. The summed E-state index contributed by atoms with van der Waals surface area (Å²) in [5.74, 6) is -0.604. The Kier molecular flexibility index (Phi) is 5.58. The van der Waals surface area contributed by atoms with Crippen LogP contribution in [0.2, 0.25) is 0 Å². The van der Waals surface area contributed by atoms with Gasteiger partial charge in [-0.1, -0.05) is 19.3 Å². The maximum Gasteiger partial charge on any atom is 0.337 e. The number of carbonyl (C=O) groups is 2. The number of rotatable bonds is 5. The van der Waals surface area contributed by atoms with Crippen LogP contribution in [0.25, 0.3) is 0 Å². The average molecular weight is 315 g/mol. The fourth-order valence-electron chi connectivity index (χ4n) is 2.76. The first-order valence-electron chi connectivity index (χ1n) is 7.73. The molecular formula is C17H21N3O3. The Morgan fingerprint density at radius 2 is 1.87 bits per heavy atom. The van der Waals surface area contributed by atoms with E-state index < -0.39 is 11.5 Å². The summed E-state index contributed by atoms with van der Waals surface area (Å²) in [5, 5.41) is 15.2. The lowest BCUT2D eigenvalue weighted by Crippen LogP contribution is -2.50. The molecule has 1 amide bonds. The average Bonchev–Trinajstić information content (AvgIpc) is 2.60. The molecule has 23 heavy (non-hydrogen) atoms. The van der Waals surface area contributed by atoms with Gasteiger partial charge in [-0.25, -0.2) is 4.79 Å². The van der Waals surface area contributed by atoms with Gasteiger partial charge in [-0.15, -0.1) is 0 Å². The molecule has 1 aromatic rings. The Bertz CT molecular complexity index is 599.